The highest BCUT2D eigenvalue weighted by Gasteiger charge is 2.22. The Labute approximate surface area is 123 Å². The fourth-order valence-corrected chi connectivity index (χ4v) is 4.57. The highest BCUT2D eigenvalue weighted by atomic mass is 32.2. The predicted octanol–water partition coefficient (Wildman–Crippen LogP) is 4.21. The zero-order valence-corrected chi connectivity index (χ0v) is 13.7. The van der Waals surface area contributed by atoms with Crippen LogP contribution in [0.3, 0.4) is 0 Å². The summed E-state index contributed by atoms with van der Waals surface area (Å²) >= 11 is 3.49. The Balaban J connectivity index is 2.16. The third-order valence-electron chi connectivity index (χ3n) is 3.58. The molecule has 4 heteroatoms. The first-order chi connectivity index (χ1) is 9.04. The van der Waals surface area contributed by atoms with Gasteiger partial charge in [0.05, 0.1) is 4.91 Å². The number of amides is 1. The minimum atomic E-state index is 0.174. The van der Waals surface area contributed by atoms with Crippen molar-refractivity contribution >= 4 is 35.1 Å². The second-order valence-corrected chi connectivity index (χ2v) is 7.28. The molecule has 19 heavy (non-hydrogen) atoms. The molecule has 0 aromatic carbocycles. The van der Waals surface area contributed by atoms with Crippen LogP contribution in [0.15, 0.2) is 4.91 Å². The molecule has 0 saturated carbocycles. The maximum absolute atomic E-state index is 12.3. The van der Waals surface area contributed by atoms with Crippen LogP contribution in [0.25, 0.3) is 6.08 Å². The molecule has 0 radical (unpaired) electrons. The predicted molar refractivity (Wildman–Crippen MR) is 85.6 cm³/mol. The average molecular weight is 295 g/mol. The molecule has 1 aliphatic rings. The molecule has 0 unspecified atom stereocenters. The molecule has 2 nitrogen and oxygen atoms in total. The Morgan fingerprint density at radius 2 is 2.16 bits per heavy atom. The van der Waals surface area contributed by atoms with E-state index >= 15 is 0 Å². The summed E-state index contributed by atoms with van der Waals surface area (Å²) in [4.78, 5) is 17.7. The lowest BCUT2D eigenvalue weighted by Gasteiger charge is -2.20. The molecule has 1 aromatic rings. The quantitative estimate of drug-likeness (QED) is 0.829. The Morgan fingerprint density at radius 3 is 2.84 bits per heavy atom. The van der Waals surface area contributed by atoms with Crippen molar-refractivity contribution in [1.82, 2.24) is 4.90 Å². The van der Waals surface area contributed by atoms with Crippen molar-refractivity contribution in [2.75, 3.05) is 13.6 Å². The van der Waals surface area contributed by atoms with Gasteiger partial charge in [-0.25, -0.2) is 0 Å². The number of fused-ring (bicyclic) bond motifs is 1. The second-order valence-electron chi connectivity index (χ2n) is 5.00. The summed E-state index contributed by atoms with van der Waals surface area (Å²) in [5.74, 6) is 1.11. The summed E-state index contributed by atoms with van der Waals surface area (Å²) in [5, 5.41) is 0. The number of nitrogens with zero attached hydrogens (tertiary/aromatic N) is 1. The van der Waals surface area contributed by atoms with Crippen LogP contribution in [-0.2, 0) is 10.5 Å². The number of likely N-dealkylation sites (N-methyl/N-ethyl adjacent to an activating group) is 1. The van der Waals surface area contributed by atoms with Crippen molar-refractivity contribution in [3.8, 4) is 0 Å². The fraction of sp³-hybridized carbons (Fsp3) is 0.533. The fourth-order valence-electron chi connectivity index (χ4n) is 2.12. The minimum Gasteiger partial charge on any atom is -0.341 e. The zero-order chi connectivity index (χ0) is 14.0. The zero-order valence-electron chi connectivity index (χ0n) is 12.1. The minimum absolute atomic E-state index is 0.174. The van der Waals surface area contributed by atoms with E-state index in [1.54, 1.807) is 11.8 Å². The van der Waals surface area contributed by atoms with Gasteiger partial charge in [0.25, 0.3) is 5.91 Å². The van der Waals surface area contributed by atoms with Crippen LogP contribution >= 0.6 is 23.1 Å². The second kappa shape index (κ2) is 6.14. The molecule has 104 valence electrons. The summed E-state index contributed by atoms with van der Waals surface area (Å²) in [6.45, 7) is 7.34. The van der Waals surface area contributed by atoms with Gasteiger partial charge in [-0.05, 0) is 37.5 Å². The number of aryl methyl sites for hydroxylation is 1. The molecule has 0 saturated heterocycles. The van der Waals surface area contributed by atoms with Gasteiger partial charge >= 0.3 is 0 Å². The van der Waals surface area contributed by atoms with E-state index in [2.05, 4.69) is 26.8 Å². The van der Waals surface area contributed by atoms with Gasteiger partial charge in [0.15, 0.2) is 0 Å². The van der Waals surface area contributed by atoms with Crippen LogP contribution in [0.5, 0.6) is 0 Å². The monoisotopic (exact) mass is 295 g/mol. The number of hydrogen-bond acceptors (Lipinski definition) is 3. The van der Waals surface area contributed by atoms with E-state index in [0.29, 0.717) is 0 Å². The topological polar surface area (TPSA) is 20.3 Å². The summed E-state index contributed by atoms with van der Waals surface area (Å²) in [6, 6.07) is 0. The molecular weight excluding hydrogens is 274 g/mol. The van der Waals surface area contributed by atoms with E-state index in [1.165, 1.54) is 20.9 Å². The number of rotatable bonds is 4. The van der Waals surface area contributed by atoms with E-state index < -0.39 is 0 Å². The van der Waals surface area contributed by atoms with Gasteiger partial charge in [-0.15, -0.1) is 23.1 Å². The number of thioether (sulfide) groups is 1. The van der Waals surface area contributed by atoms with Gasteiger partial charge < -0.3 is 4.90 Å². The normalized spacial score (nSPS) is 14.0. The number of hydrogen-bond donors (Lipinski definition) is 0. The maximum Gasteiger partial charge on any atom is 0.260 e. The lowest BCUT2D eigenvalue weighted by atomic mass is 10.1. The van der Waals surface area contributed by atoms with Gasteiger partial charge in [0.2, 0.25) is 0 Å². The molecule has 2 rings (SSSR count). The molecule has 1 aliphatic heterocycles. The average Bonchev–Trinajstić information content (AvgIpc) is 2.70. The van der Waals surface area contributed by atoms with Crippen molar-refractivity contribution in [2.45, 2.75) is 39.4 Å². The van der Waals surface area contributed by atoms with Crippen LogP contribution in [-0.4, -0.2) is 24.4 Å². The largest absolute Gasteiger partial charge is 0.341 e. The summed E-state index contributed by atoms with van der Waals surface area (Å²) in [7, 11) is 1.90. The third-order valence-corrected chi connectivity index (χ3v) is 5.81. The molecule has 0 N–H and O–H groups in total. The highest BCUT2D eigenvalue weighted by Crippen LogP contribution is 2.39. The first kappa shape index (κ1) is 14.7. The highest BCUT2D eigenvalue weighted by molar-refractivity contribution is 8.03. The van der Waals surface area contributed by atoms with Crippen molar-refractivity contribution in [1.29, 1.82) is 0 Å². The lowest BCUT2D eigenvalue weighted by molar-refractivity contribution is -0.125. The van der Waals surface area contributed by atoms with Crippen molar-refractivity contribution in [3.63, 3.8) is 0 Å². The first-order valence-electron chi connectivity index (χ1n) is 6.73. The molecule has 0 spiro atoms. The summed E-state index contributed by atoms with van der Waals surface area (Å²) in [6.07, 6.45) is 4.28. The van der Waals surface area contributed by atoms with E-state index in [0.717, 1.165) is 30.0 Å². The lowest BCUT2D eigenvalue weighted by Crippen LogP contribution is -2.28. The number of carbonyl (C=O) groups is 1. The molecule has 2 heterocycles. The van der Waals surface area contributed by atoms with Crippen LogP contribution in [0.4, 0.5) is 0 Å². The Morgan fingerprint density at radius 1 is 1.42 bits per heavy atom. The standard InChI is InChI=1S/C15H21NOS2/c1-5-6-7-16(4)15(17)14-8-13-12(9-18-14)10(2)11(3)19-13/h8H,5-7,9H2,1-4H3. The Kier molecular flexibility index (Phi) is 4.74. The van der Waals surface area contributed by atoms with Gasteiger partial charge in [0.1, 0.15) is 0 Å². The molecule has 0 fully saturated rings. The van der Waals surface area contributed by atoms with E-state index in [4.69, 9.17) is 0 Å². The molecule has 0 aliphatic carbocycles. The molecule has 1 aromatic heterocycles. The van der Waals surface area contributed by atoms with Gasteiger partial charge in [-0.1, -0.05) is 13.3 Å². The molecule has 0 bridgehead atoms. The molecule has 1 amide bonds. The summed E-state index contributed by atoms with van der Waals surface area (Å²) in [5.41, 5.74) is 2.81. The van der Waals surface area contributed by atoms with E-state index in [1.807, 2.05) is 23.3 Å². The van der Waals surface area contributed by atoms with Crippen molar-refractivity contribution < 1.29 is 4.79 Å². The smallest absolute Gasteiger partial charge is 0.260 e. The van der Waals surface area contributed by atoms with E-state index in [9.17, 15) is 4.79 Å². The number of thiophene rings is 1. The van der Waals surface area contributed by atoms with Crippen LogP contribution < -0.4 is 0 Å². The van der Waals surface area contributed by atoms with Gasteiger partial charge in [0, 0.05) is 29.1 Å². The van der Waals surface area contributed by atoms with Gasteiger partial charge in [-0.2, -0.15) is 0 Å². The van der Waals surface area contributed by atoms with E-state index in [-0.39, 0.29) is 5.91 Å². The summed E-state index contributed by atoms with van der Waals surface area (Å²) < 4.78 is 0. The van der Waals surface area contributed by atoms with Crippen molar-refractivity contribution in [2.24, 2.45) is 0 Å². The number of unbranched alkanes of at least 4 members (excludes halogenated alkanes) is 1. The van der Waals surface area contributed by atoms with Crippen LogP contribution in [0, 0.1) is 13.8 Å². The first-order valence-corrected chi connectivity index (χ1v) is 8.53. The number of carbonyl (C=O) groups excluding carboxylic acids is 1. The van der Waals surface area contributed by atoms with Crippen LogP contribution in [0.2, 0.25) is 0 Å². The van der Waals surface area contributed by atoms with Crippen LogP contribution in [0.1, 0.15) is 40.6 Å². The third kappa shape index (κ3) is 3.06. The Hall–Kier alpha value is -0.740. The SMILES string of the molecule is CCCCN(C)C(=O)C1=Cc2sc(C)c(C)c2CS1. The molecular formula is C15H21NOS2. The maximum atomic E-state index is 12.3. The molecule has 0 atom stereocenters. The Bertz CT molecular complexity index is 516. The van der Waals surface area contributed by atoms with Crippen molar-refractivity contribution in [3.05, 3.63) is 25.8 Å². The van der Waals surface area contributed by atoms with Gasteiger partial charge in [-0.3, -0.25) is 4.79 Å².